The zero-order valence-corrected chi connectivity index (χ0v) is 23.1. The molecule has 0 bridgehead atoms. The number of hydrogen-bond acceptors (Lipinski definition) is 4. The summed E-state index contributed by atoms with van der Waals surface area (Å²) in [4.78, 5) is 0. The summed E-state index contributed by atoms with van der Waals surface area (Å²) in [7, 11) is 2.45. The van der Waals surface area contributed by atoms with Gasteiger partial charge >= 0.3 is 8.80 Å². The minimum absolute atomic E-state index is 0.101. The first kappa shape index (κ1) is 31.1. The SMILES string of the molecule is CCCCCCCCCCCCCCCCCC(C)(C)C(CCN)[Si](OC)(OC)OC. The fourth-order valence-corrected chi connectivity index (χ4v) is 7.99. The lowest BCUT2D eigenvalue weighted by Crippen LogP contribution is -2.52. The first-order valence-corrected chi connectivity index (χ1v) is 15.1. The minimum Gasteiger partial charge on any atom is -0.377 e. The number of unbranched alkanes of at least 4 members (excludes halogenated alkanes) is 14. The molecule has 2 N–H and O–H groups in total. The molecule has 0 aromatic heterocycles. The van der Waals surface area contributed by atoms with E-state index in [1.807, 2.05) is 0 Å². The van der Waals surface area contributed by atoms with Gasteiger partial charge < -0.3 is 19.0 Å². The van der Waals surface area contributed by atoms with Crippen LogP contribution in [0.3, 0.4) is 0 Å². The molecule has 4 nitrogen and oxygen atoms in total. The summed E-state index contributed by atoms with van der Waals surface area (Å²) in [6.07, 6.45) is 23.1. The second-order valence-corrected chi connectivity index (χ2v) is 13.2. The van der Waals surface area contributed by atoms with E-state index >= 15 is 0 Å². The van der Waals surface area contributed by atoms with Crippen LogP contribution in [0.15, 0.2) is 0 Å². The Morgan fingerprint density at radius 1 is 0.645 bits per heavy atom. The smallest absolute Gasteiger partial charge is 0.377 e. The fourth-order valence-electron chi connectivity index (χ4n) is 5.02. The van der Waals surface area contributed by atoms with Crippen LogP contribution in [0.5, 0.6) is 0 Å². The van der Waals surface area contributed by atoms with Gasteiger partial charge in [-0.25, -0.2) is 0 Å². The van der Waals surface area contributed by atoms with Crippen LogP contribution in [0.2, 0.25) is 5.54 Å². The number of hydrogen-bond donors (Lipinski definition) is 1. The van der Waals surface area contributed by atoms with Crippen molar-refractivity contribution >= 4 is 8.80 Å². The summed E-state index contributed by atoms with van der Waals surface area (Å²) in [6, 6.07) is 0. The Kier molecular flexibility index (Phi) is 19.6. The molecule has 0 aromatic carbocycles. The van der Waals surface area contributed by atoms with Gasteiger partial charge in [-0.1, -0.05) is 117 Å². The third-order valence-corrected chi connectivity index (χ3v) is 10.7. The molecule has 0 aliphatic carbocycles. The van der Waals surface area contributed by atoms with E-state index in [1.165, 1.54) is 103 Å². The molecule has 0 aliphatic heterocycles. The molecule has 188 valence electrons. The molecule has 0 fully saturated rings. The van der Waals surface area contributed by atoms with Gasteiger partial charge in [0.15, 0.2) is 0 Å². The minimum atomic E-state index is -2.69. The third-order valence-electron chi connectivity index (χ3n) is 7.10. The molecule has 31 heavy (non-hydrogen) atoms. The largest absolute Gasteiger partial charge is 0.504 e. The third kappa shape index (κ3) is 13.4. The molecule has 0 aromatic rings. The molecule has 1 unspecified atom stereocenters. The van der Waals surface area contributed by atoms with E-state index in [-0.39, 0.29) is 11.0 Å². The monoisotopic (exact) mass is 459 g/mol. The van der Waals surface area contributed by atoms with E-state index in [0.717, 1.165) is 6.42 Å². The molecule has 0 rings (SSSR count). The van der Waals surface area contributed by atoms with Gasteiger partial charge in [0.05, 0.1) is 0 Å². The highest BCUT2D eigenvalue weighted by molar-refractivity contribution is 6.62. The van der Waals surface area contributed by atoms with Crippen LogP contribution < -0.4 is 5.73 Å². The summed E-state index contributed by atoms with van der Waals surface area (Å²) in [5, 5.41) is 0. The van der Waals surface area contributed by atoms with Crippen molar-refractivity contribution in [2.24, 2.45) is 11.1 Å². The van der Waals surface area contributed by atoms with E-state index in [4.69, 9.17) is 19.0 Å². The molecule has 5 heteroatoms. The maximum absolute atomic E-state index is 5.93. The molecule has 0 spiro atoms. The molecular weight excluding hydrogens is 402 g/mol. The molecule has 0 saturated heterocycles. The average molecular weight is 460 g/mol. The Bertz CT molecular complexity index is 381. The van der Waals surface area contributed by atoms with Crippen molar-refractivity contribution in [1.82, 2.24) is 0 Å². The topological polar surface area (TPSA) is 53.7 Å². The summed E-state index contributed by atoms with van der Waals surface area (Å²) in [6.45, 7) is 7.58. The Labute approximate surface area is 196 Å². The zero-order valence-electron chi connectivity index (χ0n) is 22.1. The maximum Gasteiger partial charge on any atom is 0.504 e. The van der Waals surface area contributed by atoms with E-state index in [0.29, 0.717) is 6.54 Å². The summed E-state index contributed by atoms with van der Waals surface area (Å²) >= 11 is 0. The lowest BCUT2D eigenvalue weighted by atomic mass is 9.81. The lowest BCUT2D eigenvalue weighted by Gasteiger charge is -2.42. The quantitative estimate of drug-likeness (QED) is 0.125. The van der Waals surface area contributed by atoms with Crippen LogP contribution in [0.1, 0.15) is 130 Å². The number of rotatable bonds is 23. The second kappa shape index (κ2) is 19.5. The van der Waals surface area contributed by atoms with Gasteiger partial charge in [-0.3, -0.25) is 0 Å². The molecule has 1 atom stereocenters. The van der Waals surface area contributed by atoms with Crippen molar-refractivity contribution in [3.63, 3.8) is 0 Å². The van der Waals surface area contributed by atoms with Crippen molar-refractivity contribution in [3.05, 3.63) is 0 Å². The van der Waals surface area contributed by atoms with Crippen LogP contribution in [0.4, 0.5) is 0 Å². The molecule has 0 heterocycles. The molecule has 0 radical (unpaired) electrons. The van der Waals surface area contributed by atoms with Gasteiger partial charge in [-0.15, -0.1) is 0 Å². The molecular formula is C26H57NO3Si. The van der Waals surface area contributed by atoms with Crippen molar-refractivity contribution < 1.29 is 13.3 Å². The summed E-state index contributed by atoms with van der Waals surface area (Å²) < 4.78 is 17.4. The van der Waals surface area contributed by atoms with Crippen molar-refractivity contribution in [3.8, 4) is 0 Å². The van der Waals surface area contributed by atoms with E-state index < -0.39 is 8.80 Å². The maximum atomic E-state index is 5.93. The Balaban J connectivity index is 3.90. The highest BCUT2D eigenvalue weighted by atomic mass is 28.4. The van der Waals surface area contributed by atoms with E-state index in [2.05, 4.69) is 20.8 Å². The lowest BCUT2D eigenvalue weighted by molar-refractivity contribution is 0.0826. The predicted octanol–water partition coefficient (Wildman–Crippen LogP) is 7.87. The first-order valence-electron chi connectivity index (χ1n) is 13.3. The van der Waals surface area contributed by atoms with Gasteiger partial charge in [0.1, 0.15) is 0 Å². The highest BCUT2D eigenvalue weighted by Gasteiger charge is 2.53. The Morgan fingerprint density at radius 2 is 1.00 bits per heavy atom. The summed E-state index contributed by atoms with van der Waals surface area (Å²) in [5.41, 5.74) is 6.26. The normalized spacial score (nSPS) is 13.6. The van der Waals surface area contributed by atoms with Crippen LogP contribution in [0.25, 0.3) is 0 Å². The van der Waals surface area contributed by atoms with Crippen LogP contribution in [-0.2, 0) is 13.3 Å². The van der Waals surface area contributed by atoms with E-state index in [9.17, 15) is 0 Å². The van der Waals surface area contributed by atoms with Gasteiger partial charge in [0.2, 0.25) is 0 Å². The molecule has 0 aliphatic rings. The van der Waals surface area contributed by atoms with Crippen molar-refractivity contribution in [2.45, 2.75) is 135 Å². The predicted molar refractivity (Wildman–Crippen MR) is 138 cm³/mol. The van der Waals surface area contributed by atoms with Crippen molar-refractivity contribution in [2.75, 3.05) is 27.9 Å². The van der Waals surface area contributed by atoms with Crippen LogP contribution in [-0.4, -0.2) is 36.7 Å². The summed E-state index contributed by atoms with van der Waals surface area (Å²) in [5.74, 6) is 0. The average Bonchev–Trinajstić information content (AvgIpc) is 2.77. The molecule has 0 amide bonds. The Morgan fingerprint density at radius 3 is 1.32 bits per heavy atom. The highest BCUT2D eigenvalue weighted by Crippen LogP contribution is 2.46. The standard InChI is InChI=1S/C26H57NO3Si/c1-7-8-9-10-11-12-13-14-15-16-17-18-19-20-21-23-26(2,3)25(22-24-27)31(28-4,29-5)30-6/h25H,7-24,27H2,1-6H3. The van der Waals surface area contributed by atoms with Gasteiger partial charge in [0, 0.05) is 26.9 Å². The van der Waals surface area contributed by atoms with Gasteiger partial charge in [0.25, 0.3) is 0 Å². The van der Waals surface area contributed by atoms with Crippen LogP contribution >= 0.6 is 0 Å². The first-order chi connectivity index (χ1) is 14.9. The van der Waals surface area contributed by atoms with Gasteiger partial charge in [-0.2, -0.15) is 0 Å². The fraction of sp³-hybridized carbons (Fsp3) is 1.00. The van der Waals surface area contributed by atoms with E-state index in [1.54, 1.807) is 21.3 Å². The Hall–Kier alpha value is 0.0569. The van der Waals surface area contributed by atoms with Crippen LogP contribution in [0, 0.1) is 5.41 Å². The number of nitrogens with two attached hydrogens (primary N) is 1. The van der Waals surface area contributed by atoms with Gasteiger partial charge in [-0.05, 0) is 24.8 Å². The second-order valence-electron chi connectivity index (χ2n) is 10.0. The van der Waals surface area contributed by atoms with Crippen molar-refractivity contribution in [1.29, 1.82) is 0 Å². The molecule has 0 saturated carbocycles. The zero-order chi connectivity index (χ0) is 23.4.